The van der Waals surface area contributed by atoms with Gasteiger partial charge in [0.15, 0.2) is 11.5 Å². The maximum absolute atomic E-state index is 12.3. The van der Waals surface area contributed by atoms with Crippen LogP contribution in [-0.2, 0) is 4.79 Å². The van der Waals surface area contributed by atoms with Crippen LogP contribution in [0.2, 0.25) is 0 Å². The van der Waals surface area contributed by atoms with E-state index in [1.165, 1.54) is 7.11 Å². The topological polar surface area (TPSA) is 76.7 Å². The number of allylic oxidation sites excluding steroid dienone is 1. The zero-order valence-corrected chi connectivity index (χ0v) is 15.1. The van der Waals surface area contributed by atoms with Crippen LogP contribution in [0.3, 0.4) is 0 Å². The molecule has 6 heteroatoms. The lowest BCUT2D eigenvalue weighted by Gasteiger charge is -2.20. The van der Waals surface area contributed by atoms with E-state index in [4.69, 9.17) is 9.47 Å². The molecule has 0 bridgehead atoms. The smallest absolute Gasteiger partial charge is 0.251 e. The van der Waals surface area contributed by atoms with Crippen molar-refractivity contribution in [2.45, 2.75) is 33.2 Å². The average Bonchev–Trinajstić information content (AvgIpc) is 2.50. The molecule has 1 aromatic rings. The van der Waals surface area contributed by atoms with Crippen LogP contribution in [0.5, 0.6) is 11.5 Å². The summed E-state index contributed by atoms with van der Waals surface area (Å²) in [5, 5.41) is 5.40. The molecule has 6 nitrogen and oxygen atoms in total. The summed E-state index contributed by atoms with van der Waals surface area (Å²) in [5.41, 5.74) is 0.775. The van der Waals surface area contributed by atoms with Gasteiger partial charge in [-0.25, -0.2) is 0 Å². The van der Waals surface area contributed by atoms with Gasteiger partial charge >= 0.3 is 0 Å². The van der Waals surface area contributed by atoms with Gasteiger partial charge in [-0.05, 0) is 39.8 Å². The summed E-state index contributed by atoms with van der Waals surface area (Å²) < 4.78 is 10.6. The Bertz CT molecular complexity index is 631. The Morgan fingerprint density at radius 2 is 1.83 bits per heavy atom. The highest BCUT2D eigenvalue weighted by Gasteiger charge is 2.17. The number of amides is 2. The number of nitrogens with one attached hydrogen (secondary N) is 2. The lowest BCUT2D eigenvalue weighted by Crippen LogP contribution is -2.45. The third-order valence-electron chi connectivity index (χ3n) is 3.04. The maximum Gasteiger partial charge on any atom is 0.251 e. The van der Waals surface area contributed by atoms with E-state index in [-0.39, 0.29) is 23.9 Å². The van der Waals surface area contributed by atoms with Gasteiger partial charge in [-0.3, -0.25) is 9.59 Å². The lowest BCUT2D eigenvalue weighted by molar-refractivity contribution is -0.121. The third kappa shape index (κ3) is 5.61. The van der Waals surface area contributed by atoms with E-state index in [9.17, 15) is 9.59 Å². The summed E-state index contributed by atoms with van der Waals surface area (Å²) in [6.07, 6.45) is 3.67. The highest BCUT2D eigenvalue weighted by atomic mass is 16.5. The molecule has 0 unspecified atom stereocenters. The van der Waals surface area contributed by atoms with Gasteiger partial charge in [0.2, 0.25) is 5.91 Å². The summed E-state index contributed by atoms with van der Waals surface area (Å²) in [6.45, 7) is 7.41. The molecule has 0 aliphatic carbocycles. The molecule has 0 aromatic heterocycles. The Labute approximate surface area is 143 Å². The molecule has 0 aliphatic rings. The molecule has 0 atom stereocenters. The van der Waals surface area contributed by atoms with Crippen LogP contribution in [0.15, 0.2) is 18.2 Å². The van der Waals surface area contributed by atoms with Crippen LogP contribution in [0, 0.1) is 0 Å². The average molecular weight is 334 g/mol. The van der Waals surface area contributed by atoms with Crippen LogP contribution in [0.1, 0.15) is 43.6 Å². The monoisotopic (exact) mass is 334 g/mol. The fourth-order valence-electron chi connectivity index (χ4n) is 2.15. The number of rotatable bonds is 6. The lowest BCUT2D eigenvalue weighted by atomic mass is 10.1. The highest BCUT2D eigenvalue weighted by Crippen LogP contribution is 2.33. The van der Waals surface area contributed by atoms with Gasteiger partial charge in [0.1, 0.15) is 0 Å². The second kappa shape index (κ2) is 8.38. The number of hydrogen-bond acceptors (Lipinski definition) is 4. The fourth-order valence-corrected chi connectivity index (χ4v) is 2.15. The van der Waals surface area contributed by atoms with Crippen molar-refractivity contribution in [2.24, 2.45) is 0 Å². The number of methoxy groups -OCH3 is 2. The van der Waals surface area contributed by atoms with Crippen molar-refractivity contribution >= 4 is 17.9 Å². The number of carbonyl (C=O) groups is 2. The van der Waals surface area contributed by atoms with Gasteiger partial charge in [-0.1, -0.05) is 12.2 Å². The maximum atomic E-state index is 12.3. The van der Waals surface area contributed by atoms with Gasteiger partial charge in [0.25, 0.3) is 5.91 Å². The number of ether oxygens (including phenoxy) is 2. The normalized spacial score (nSPS) is 11.2. The highest BCUT2D eigenvalue weighted by molar-refractivity contribution is 5.98. The zero-order valence-electron chi connectivity index (χ0n) is 15.1. The summed E-state index contributed by atoms with van der Waals surface area (Å²) in [6, 6.07) is 3.28. The Morgan fingerprint density at radius 3 is 2.33 bits per heavy atom. The van der Waals surface area contributed by atoms with Crippen molar-refractivity contribution in [3.8, 4) is 11.5 Å². The van der Waals surface area contributed by atoms with Crippen molar-refractivity contribution in [1.29, 1.82) is 0 Å². The van der Waals surface area contributed by atoms with Crippen molar-refractivity contribution in [3.63, 3.8) is 0 Å². The Kier molecular flexibility index (Phi) is 6.82. The Balaban J connectivity index is 2.95. The largest absolute Gasteiger partial charge is 0.493 e. The molecule has 0 heterocycles. The van der Waals surface area contributed by atoms with E-state index in [0.717, 1.165) is 5.56 Å². The van der Waals surface area contributed by atoms with E-state index >= 15 is 0 Å². The second-order valence-electron chi connectivity index (χ2n) is 6.28. The van der Waals surface area contributed by atoms with Gasteiger partial charge < -0.3 is 20.1 Å². The van der Waals surface area contributed by atoms with Crippen LogP contribution in [-0.4, -0.2) is 38.1 Å². The standard InChI is InChI=1S/C18H26N2O4/c1-7-8-12-9-13(10-14(23-5)16(12)24-6)17(22)19-11-15(21)20-18(2,3)4/h7-10H,11H2,1-6H3,(H,19,22)(H,20,21)/b8-7+. The minimum atomic E-state index is -0.356. The fraction of sp³-hybridized carbons (Fsp3) is 0.444. The van der Waals surface area contributed by atoms with Gasteiger partial charge in [0, 0.05) is 16.7 Å². The molecule has 132 valence electrons. The van der Waals surface area contributed by atoms with Crippen LogP contribution in [0.25, 0.3) is 6.08 Å². The first-order valence-electron chi connectivity index (χ1n) is 7.69. The molecule has 0 saturated heterocycles. The summed E-state index contributed by atoms with van der Waals surface area (Å²) in [7, 11) is 3.05. The summed E-state index contributed by atoms with van der Waals surface area (Å²) >= 11 is 0. The van der Waals surface area contributed by atoms with Crippen LogP contribution < -0.4 is 20.1 Å². The predicted molar refractivity (Wildman–Crippen MR) is 94.5 cm³/mol. The molecular formula is C18H26N2O4. The number of hydrogen-bond donors (Lipinski definition) is 2. The molecule has 1 aromatic carbocycles. The molecule has 0 radical (unpaired) electrons. The van der Waals surface area contributed by atoms with E-state index in [2.05, 4.69) is 10.6 Å². The molecule has 2 amide bonds. The van der Waals surface area contributed by atoms with E-state index in [0.29, 0.717) is 17.1 Å². The third-order valence-corrected chi connectivity index (χ3v) is 3.04. The Hall–Kier alpha value is -2.50. The first kappa shape index (κ1) is 19.5. The molecule has 0 fully saturated rings. The first-order chi connectivity index (χ1) is 11.2. The predicted octanol–water partition coefficient (Wildman–Crippen LogP) is 2.38. The SMILES string of the molecule is C/C=C/c1cc(C(=O)NCC(=O)NC(C)(C)C)cc(OC)c1OC. The molecule has 24 heavy (non-hydrogen) atoms. The molecule has 1 rings (SSSR count). The molecule has 2 N–H and O–H groups in total. The van der Waals surface area contributed by atoms with E-state index in [1.807, 2.05) is 39.8 Å². The van der Waals surface area contributed by atoms with Gasteiger partial charge in [0.05, 0.1) is 20.8 Å². The summed E-state index contributed by atoms with van der Waals surface area (Å²) in [4.78, 5) is 24.1. The molecule has 0 aliphatic heterocycles. The first-order valence-corrected chi connectivity index (χ1v) is 7.69. The minimum absolute atomic E-state index is 0.0939. The number of benzene rings is 1. The van der Waals surface area contributed by atoms with Crippen molar-refractivity contribution in [1.82, 2.24) is 10.6 Å². The van der Waals surface area contributed by atoms with E-state index < -0.39 is 0 Å². The summed E-state index contributed by atoms with van der Waals surface area (Å²) in [5.74, 6) is 0.408. The van der Waals surface area contributed by atoms with Crippen molar-refractivity contribution < 1.29 is 19.1 Å². The second-order valence-corrected chi connectivity index (χ2v) is 6.28. The van der Waals surface area contributed by atoms with E-state index in [1.54, 1.807) is 19.2 Å². The zero-order chi connectivity index (χ0) is 18.3. The van der Waals surface area contributed by atoms with Crippen LogP contribution >= 0.6 is 0 Å². The van der Waals surface area contributed by atoms with Crippen LogP contribution in [0.4, 0.5) is 0 Å². The molecule has 0 spiro atoms. The van der Waals surface area contributed by atoms with Gasteiger partial charge in [-0.2, -0.15) is 0 Å². The quantitative estimate of drug-likeness (QED) is 0.837. The van der Waals surface area contributed by atoms with Gasteiger partial charge in [-0.15, -0.1) is 0 Å². The Morgan fingerprint density at radius 1 is 1.17 bits per heavy atom. The minimum Gasteiger partial charge on any atom is -0.493 e. The van der Waals surface area contributed by atoms with Crippen molar-refractivity contribution in [2.75, 3.05) is 20.8 Å². The molecular weight excluding hydrogens is 308 g/mol. The van der Waals surface area contributed by atoms with Crippen molar-refractivity contribution in [3.05, 3.63) is 29.3 Å². The number of carbonyl (C=O) groups excluding carboxylic acids is 2. The molecule has 0 saturated carbocycles.